The van der Waals surface area contributed by atoms with E-state index in [2.05, 4.69) is 17.2 Å². The molecule has 0 fully saturated rings. The van der Waals surface area contributed by atoms with Crippen LogP contribution in [-0.2, 0) is 6.42 Å². The van der Waals surface area contributed by atoms with Crippen molar-refractivity contribution in [3.63, 3.8) is 0 Å². The highest BCUT2D eigenvalue weighted by Crippen LogP contribution is 2.21. The molecule has 0 aliphatic rings. The maximum atomic E-state index is 13.4. The first-order chi connectivity index (χ1) is 8.70. The van der Waals surface area contributed by atoms with E-state index < -0.39 is 0 Å². The molecule has 0 radical (unpaired) electrons. The molecule has 0 saturated heterocycles. The first kappa shape index (κ1) is 12.7. The average molecular weight is 244 g/mol. The van der Waals surface area contributed by atoms with E-state index in [9.17, 15) is 4.39 Å². The summed E-state index contributed by atoms with van der Waals surface area (Å²) in [6, 6.07) is 10.9. The molecule has 2 rings (SSSR count). The van der Waals surface area contributed by atoms with Gasteiger partial charge in [-0.25, -0.2) is 4.39 Å². The SMILES string of the molecule is CNC(C)c1ccc(F)cc1Cc1ccccn1. The highest BCUT2D eigenvalue weighted by Gasteiger charge is 2.10. The first-order valence-electron chi connectivity index (χ1n) is 6.06. The Kier molecular flexibility index (Phi) is 4.05. The molecule has 1 aromatic heterocycles. The van der Waals surface area contributed by atoms with E-state index in [1.165, 1.54) is 6.07 Å². The highest BCUT2D eigenvalue weighted by molar-refractivity contribution is 5.33. The van der Waals surface area contributed by atoms with Crippen molar-refractivity contribution < 1.29 is 4.39 Å². The van der Waals surface area contributed by atoms with Crippen LogP contribution in [-0.4, -0.2) is 12.0 Å². The summed E-state index contributed by atoms with van der Waals surface area (Å²) < 4.78 is 13.4. The maximum absolute atomic E-state index is 13.4. The quantitative estimate of drug-likeness (QED) is 0.894. The molecule has 1 atom stereocenters. The molecule has 1 N–H and O–H groups in total. The first-order valence-corrected chi connectivity index (χ1v) is 6.06. The molecule has 1 unspecified atom stereocenters. The van der Waals surface area contributed by atoms with Gasteiger partial charge in [-0.15, -0.1) is 0 Å². The van der Waals surface area contributed by atoms with Crippen LogP contribution >= 0.6 is 0 Å². The predicted octanol–water partition coefficient (Wildman–Crippen LogP) is 3.09. The summed E-state index contributed by atoms with van der Waals surface area (Å²) in [4.78, 5) is 4.29. The van der Waals surface area contributed by atoms with Gasteiger partial charge in [0.2, 0.25) is 0 Å². The largest absolute Gasteiger partial charge is 0.313 e. The molecular formula is C15H17FN2. The smallest absolute Gasteiger partial charge is 0.123 e. The van der Waals surface area contributed by atoms with Crippen LogP contribution in [0.4, 0.5) is 4.39 Å². The van der Waals surface area contributed by atoms with E-state index in [4.69, 9.17) is 0 Å². The van der Waals surface area contributed by atoms with E-state index in [0.717, 1.165) is 16.8 Å². The summed E-state index contributed by atoms with van der Waals surface area (Å²) in [5.74, 6) is -0.201. The molecule has 18 heavy (non-hydrogen) atoms. The number of benzene rings is 1. The Bertz CT molecular complexity index is 511. The van der Waals surface area contributed by atoms with Crippen LogP contribution in [0.15, 0.2) is 42.6 Å². The molecule has 2 aromatic rings. The fourth-order valence-corrected chi connectivity index (χ4v) is 2.00. The van der Waals surface area contributed by atoms with E-state index in [1.807, 2.05) is 31.3 Å². The molecule has 94 valence electrons. The van der Waals surface area contributed by atoms with Crippen LogP contribution in [0.5, 0.6) is 0 Å². The molecule has 0 bridgehead atoms. The van der Waals surface area contributed by atoms with Crippen molar-refractivity contribution in [3.8, 4) is 0 Å². The number of aromatic nitrogens is 1. The van der Waals surface area contributed by atoms with Crippen LogP contribution in [0.1, 0.15) is 29.8 Å². The molecule has 0 saturated carbocycles. The van der Waals surface area contributed by atoms with Gasteiger partial charge in [-0.05, 0) is 49.4 Å². The monoisotopic (exact) mass is 244 g/mol. The lowest BCUT2D eigenvalue weighted by atomic mass is 9.97. The zero-order chi connectivity index (χ0) is 13.0. The molecule has 2 nitrogen and oxygen atoms in total. The van der Waals surface area contributed by atoms with Gasteiger partial charge in [-0.3, -0.25) is 4.98 Å². The average Bonchev–Trinajstić information content (AvgIpc) is 2.39. The molecule has 1 aromatic carbocycles. The minimum Gasteiger partial charge on any atom is -0.313 e. The molecule has 3 heteroatoms. The van der Waals surface area contributed by atoms with Gasteiger partial charge in [0.15, 0.2) is 0 Å². The van der Waals surface area contributed by atoms with E-state index in [0.29, 0.717) is 6.42 Å². The minimum atomic E-state index is -0.201. The highest BCUT2D eigenvalue weighted by atomic mass is 19.1. The second-order valence-electron chi connectivity index (χ2n) is 4.35. The number of pyridine rings is 1. The van der Waals surface area contributed by atoms with Crippen molar-refractivity contribution in [2.75, 3.05) is 7.05 Å². The molecular weight excluding hydrogens is 227 g/mol. The van der Waals surface area contributed by atoms with Crippen molar-refractivity contribution in [3.05, 3.63) is 65.2 Å². The third-order valence-corrected chi connectivity index (χ3v) is 3.10. The van der Waals surface area contributed by atoms with E-state index >= 15 is 0 Å². The van der Waals surface area contributed by atoms with Crippen LogP contribution in [0.3, 0.4) is 0 Å². The maximum Gasteiger partial charge on any atom is 0.123 e. The Labute approximate surface area is 107 Å². The minimum absolute atomic E-state index is 0.198. The van der Waals surface area contributed by atoms with Gasteiger partial charge in [-0.1, -0.05) is 12.1 Å². The van der Waals surface area contributed by atoms with Gasteiger partial charge in [0, 0.05) is 24.4 Å². The summed E-state index contributed by atoms with van der Waals surface area (Å²) in [5.41, 5.74) is 3.05. The lowest BCUT2D eigenvalue weighted by Crippen LogP contribution is -2.14. The van der Waals surface area contributed by atoms with Crippen molar-refractivity contribution in [2.24, 2.45) is 0 Å². The summed E-state index contributed by atoms with van der Waals surface area (Å²) in [6.07, 6.45) is 2.41. The van der Waals surface area contributed by atoms with Crippen LogP contribution in [0, 0.1) is 5.82 Å². The van der Waals surface area contributed by atoms with E-state index in [-0.39, 0.29) is 11.9 Å². The number of rotatable bonds is 4. The molecule has 0 spiro atoms. The second-order valence-corrected chi connectivity index (χ2v) is 4.35. The third-order valence-electron chi connectivity index (χ3n) is 3.10. The molecule has 0 aliphatic heterocycles. The number of hydrogen-bond donors (Lipinski definition) is 1. The van der Waals surface area contributed by atoms with Gasteiger partial charge in [0.05, 0.1) is 0 Å². The lowest BCUT2D eigenvalue weighted by Gasteiger charge is -2.15. The Morgan fingerprint density at radius 2 is 2.11 bits per heavy atom. The van der Waals surface area contributed by atoms with Gasteiger partial charge in [0.1, 0.15) is 5.82 Å². The van der Waals surface area contributed by atoms with Crippen LogP contribution in [0.2, 0.25) is 0 Å². The third kappa shape index (κ3) is 2.93. The Hall–Kier alpha value is -1.74. The predicted molar refractivity (Wildman–Crippen MR) is 70.9 cm³/mol. The number of nitrogens with one attached hydrogen (secondary N) is 1. The lowest BCUT2D eigenvalue weighted by molar-refractivity contribution is 0.613. The second kappa shape index (κ2) is 5.74. The Morgan fingerprint density at radius 3 is 2.78 bits per heavy atom. The standard InChI is InChI=1S/C15H17FN2/c1-11(17-2)15-7-6-13(16)9-12(15)10-14-5-3-4-8-18-14/h3-9,11,17H,10H2,1-2H3. The fourth-order valence-electron chi connectivity index (χ4n) is 2.00. The van der Waals surface area contributed by atoms with Crippen molar-refractivity contribution >= 4 is 0 Å². The van der Waals surface area contributed by atoms with Gasteiger partial charge in [0.25, 0.3) is 0 Å². The van der Waals surface area contributed by atoms with Crippen molar-refractivity contribution in [2.45, 2.75) is 19.4 Å². The molecule has 0 amide bonds. The summed E-state index contributed by atoms with van der Waals surface area (Å²) in [6.45, 7) is 2.06. The summed E-state index contributed by atoms with van der Waals surface area (Å²) in [7, 11) is 1.90. The number of nitrogens with zero attached hydrogens (tertiary/aromatic N) is 1. The number of halogens is 1. The summed E-state index contributed by atoms with van der Waals surface area (Å²) in [5, 5.41) is 3.18. The van der Waals surface area contributed by atoms with Crippen molar-refractivity contribution in [1.29, 1.82) is 0 Å². The van der Waals surface area contributed by atoms with Crippen LogP contribution < -0.4 is 5.32 Å². The zero-order valence-corrected chi connectivity index (χ0v) is 10.7. The van der Waals surface area contributed by atoms with E-state index in [1.54, 1.807) is 12.3 Å². The Morgan fingerprint density at radius 1 is 1.28 bits per heavy atom. The van der Waals surface area contributed by atoms with Gasteiger partial charge >= 0.3 is 0 Å². The topological polar surface area (TPSA) is 24.9 Å². The zero-order valence-electron chi connectivity index (χ0n) is 10.7. The summed E-state index contributed by atoms with van der Waals surface area (Å²) >= 11 is 0. The van der Waals surface area contributed by atoms with Gasteiger partial charge in [-0.2, -0.15) is 0 Å². The van der Waals surface area contributed by atoms with Crippen molar-refractivity contribution in [1.82, 2.24) is 10.3 Å². The van der Waals surface area contributed by atoms with Gasteiger partial charge < -0.3 is 5.32 Å². The fraction of sp³-hybridized carbons (Fsp3) is 0.267. The normalized spacial score (nSPS) is 12.4. The molecule has 0 aliphatic carbocycles. The van der Waals surface area contributed by atoms with Crippen LogP contribution in [0.25, 0.3) is 0 Å². The number of hydrogen-bond acceptors (Lipinski definition) is 2. The Balaban J connectivity index is 2.33. The molecule has 1 heterocycles.